The molecular weight excluding hydrogens is 266 g/mol. The number of hydrogen-bond donors (Lipinski definition) is 2. The number of methoxy groups -OCH3 is 1. The molecule has 2 amide bonds. The highest BCUT2D eigenvalue weighted by molar-refractivity contribution is 5.73. The van der Waals surface area contributed by atoms with E-state index in [-0.39, 0.29) is 6.03 Å². The molecule has 0 unspecified atom stereocenters. The van der Waals surface area contributed by atoms with Gasteiger partial charge in [0.05, 0.1) is 7.11 Å². The number of ether oxygens (including phenoxy) is 1. The van der Waals surface area contributed by atoms with Crippen LogP contribution >= 0.6 is 0 Å². The number of hydrazine groups is 1. The molecule has 2 atom stereocenters. The van der Waals surface area contributed by atoms with Gasteiger partial charge in [-0.3, -0.25) is 5.43 Å². The summed E-state index contributed by atoms with van der Waals surface area (Å²) in [6.45, 7) is 4.81. The smallest absolute Gasteiger partial charge is 0.329 e. The molecule has 21 heavy (non-hydrogen) atoms. The molecule has 0 aliphatic carbocycles. The van der Waals surface area contributed by atoms with Gasteiger partial charge in [0.15, 0.2) is 0 Å². The number of amides is 2. The summed E-state index contributed by atoms with van der Waals surface area (Å²) in [5.74, 6) is 0.819. The van der Waals surface area contributed by atoms with Gasteiger partial charge in [-0.25, -0.2) is 9.80 Å². The molecule has 1 aliphatic rings. The molecule has 0 aromatic heterocycles. The van der Waals surface area contributed by atoms with Gasteiger partial charge in [0.25, 0.3) is 0 Å². The summed E-state index contributed by atoms with van der Waals surface area (Å²) in [6.07, 6.45) is 3.49. The Morgan fingerprint density at radius 2 is 1.86 bits per heavy atom. The van der Waals surface area contributed by atoms with Gasteiger partial charge >= 0.3 is 6.03 Å². The molecule has 2 rings (SSSR count). The third kappa shape index (κ3) is 4.36. The Balaban J connectivity index is 1.81. The predicted octanol–water partition coefficient (Wildman–Crippen LogP) is 2.67. The van der Waals surface area contributed by atoms with Crippen LogP contribution in [0.25, 0.3) is 0 Å². The summed E-state index contributed by atoms with van der Waals surface area (Å²) in [6, 6.07) is 8.32. The fraction of sp³-hybridized carbons (Fsp3) is 0.562. The molecular formula is C16H25N3O2. The first-order chi connectivity index (χ1) is 10.1. The Kier molecular flexibility index (Phi) is 5.44. The number of hydrogen-bond acceptors (Lipinski definition) is 3. The lowest BCUT2D eigenvalue weighted by Gasteiger charge is -2.38. The van der Waals surface area contributed by atoms with E-state index >= 15 is 0 Å². The first kappa shape index (κ1) is 15.6. The molecule has 1 fully saturated rings. The quantitative estimate of drug-likeness (QED) is 0.896. The van der Waals surface area contributed by atoms with E-state index in [1.54, 1.807) is 7.11 Å². The van der Waals surface area contributed by atoms with E-state index in [0.717, 1.165) is 24.2 Å². The van der Waals surface area contributed by atoms with Crippen molar-refractivity contribution in [1.82, 2.24) is 15.8 Å². The van der Waals surface area contributed by atoms with Gasteiger partial charge in [-0.05, 0) is 44.4 Å². The highest BCUT2D eigenvalue weighted by Crippen LogP contribution is 2.20. The van der Waals surface area contributed by atoms with Crippen molar-refractivity contribution in [3.05, 3.63) is 29.8 Å². The second kappa shape index (κ2) is 7.31. The monoisotopic (exact) mass is 291 g/mol. The molecule has 0 radical (unpaired) electrons. The van der Waals surface area contributed by atoms with Gasteiger partial charge in [-0.2, -0.15) is 0 Å². The molecule has 0 bridgehead atoms. The van der Waals surface area contributed by atoms with Crippen LogP contribution in [0.3, 0.4) is 0 Å². The molecule has 1 saturated heterocycles. The van der Waals surface area contributed by atoms with Crippen LogP contribution in [0.2, 0.25) is 0 Å². The van der Waals surface area contributed by atoms with E-state index in [0.29, 0.717) is 18.6 Å². The molecule has 1 aromatic carbocycles. The zero-order valence-electron chi connectivity index (χ0n) is 13.1. The summed E-state index contributed by atoms with van der Waals surface area (Å²) < 4.78 is 5.11. The van der Waals surface area contributed by atoms with Crippen LogP contribution in [0.5, 0.6) is 5.75 Å². The second-order valence-corrected chi connectivity index (χ2v) is 5.68. The van der Waals surface area contributed by atoms with Crippen LogP contribution in [0.15, 0.2) is 24.3 Å². The van der Waals surface area contributed by atoms with Gasteiger partial charge in [-0.15, -0.1) is 0 Å². The maximum absolute atomic E-state index is 12.0. The average Bonchev–Trinajstić information content (AvgIpc) is 2.49. The van der Waals surface area contributed by atoms with Crippen LogP contribution in [-0.4, -0.2) is 30.2 Å². The topological polar surface area (TPSA) is 53.6 Å². The number of carbonyl (C=O) groups excluding carboxylic acids is 1. The zero-order valence-corrected chi connectivity index (χ0v) is 13.1. The van der Waals surface area contributed by atoms with E-state index in [9.17, 15) is 4.79 Å². The van der Waals surface area contributed by atoms with Gasteiger partial charge in [-0.1, -0.05) is 18.6 Å². The molecule has 1 aliphatic heterocycles. The van der Waals surface area contributed by atoms with Gasteiger partial charge in [0, 0.05) is 18.6 Å². The van der Waals surface area contributed by atoms with Gasteiger partial charge in [0.1, 0.15) is 5.75 Å². The summed E-state index contributed by atoms with van der Waals surface area (Å²) in [5, 5.41) is 4.95. The van der Waals surface area contributed by atoms with Crippen molar-refractivity contribution >= 4 is 6.03 Å². The summed E-state index contributed by atoms with van der Waals surface area (Å²) >= 11 is 0. The molecule has 1 heterocycles. The second-order valence-electron chi connectivity index (χ2n) is 5.68. The number of carbonyl (C=O) groups is 1. The molecule has 1 aromatic rings. The fourth-order valence-corrected chi connectivity index (χ4v) is 2.72. The minimum Gasteiger partial charge on any atom is -0.497 e. The van der Waals surface area contributed by atoms with E-state index in [2.05, 4.69) is 29.6 Å². The van der Waals surface area contributed by atoms with Crippen LogP contribution in [-0.2, 0) is 6.54 Å². The molecule has 5 nitrogen and oxygen atoms in total. The van der Waals surface area contributed by atoms with E-state index in [4.69, 9.17) is 4.74 Å². The Labute approximate surface area is 126 Å². The van der Waals surface area contributed by atoms with Crippen LogP contribution in [0.1, 0.15) is 38.7 Å². The fourth-order valence-electron chi connectivity index (χ4n) is 2.72. The highest BCUT2D eigenvalue weighted by Gasteiger charge is 2.25. The number of rotatable bonds is 4. The largest absolute Gasteiger partial charge is 0.497 e. The SMILES string of the molecule is COc1ccc(CNC(=O)NN2[C@@H](C)CCC[C@@H]2C)cc1. The predicted molar refractivity (Wildman–Crippen MR) is 83.0 cm³/mol. The molecule has 5 heteroatoms. The third-order valence-corrected chi connectivity index (χ3v) is 4.04. The van der Waals surface area contributed by atoms with Crippen molar-refractivity contribution in [2.45, 2.75) is 51.7 Å². The number of urea groups is 1. The summed E-state index contributed by atoms with van der Waals surface area (Å²) in [4.78, 5) is 12.0. The molecule has 116 valence electrons. The third-order valence-electron chi connectivity index (χ3n) is 4.04. The van der Waals surface area contributed by atoms with Crippen molar-refractivity contribution in [3.63, 3.8) is 0 Å². The highest BCUT2D eigenvalue weighted by atomic mass is 16.5. The zero-order chi connectivity index (χ0) is 15.2. The number of benzene rings is 1. The van der Waals surface area contributed by atoms with Gasteiger partial charge in [0.2, 0.25) is 0 Å². The normalized spacial score (nSPS) is 22.6. The van der Waals surface area contributed by atoms with Crippen molar-refractivity contribution in [1.29, 1.82) is 0 Å². The van der Waals surface area contributed by atoms with Crippen molar-refractivity contribution in [2.75, 3.05) is 7.11 Å². The number of nitrogens with zero attached hydrogens (tertiary/aromatic N) is 1. The standard InChI is InChI=1S/C16H25N3O2/c1-12-5-4-6-13(2)19(12)18-16(20)17-11-14-7-9-15(21-3)10-8-14/h7-10,12-13H,4-6,11H2,1-3H3,(H2,17,18,20)/t12-,13-/m0/s1. The Bertz CT molecular complexity index is 451. The molecule has 2 N–H and O–H groups in total. The maximum atomic E-state index is 12.0. The van der Waals surface area contributed by atoms with Crippen molar-refractivity contribution < 1.29 is 9.53 Å². The van der Waals surface area contributed by atoms with E-state index in [1.165, 1.54) is 6.42 Å². The van der Waals surface area contributed by atoms with Crippen molar-refractivity contribution in [2.24, 2.45) is 0 Å². The van der Waals surface area contributed by atoms with Crippen molar-refractivity contribution in [3.8, 4) is 5.75 Å². The van der Waals surface area contributed by atoms with Crippen LogP contribution in [0.4, 0.5) is 4.79 Å². The minimum absolute atomic E-state index is 0.147. The summed E-state index contributed by atoms with van der Waals surface area (Å²) in [7, 11) is 1.64. The van der Waals surface area contributed by atoms with Crippen LogP contribution in [0, 0.1) is 0 Å². The first-order valence-corrected chi connectivity index (χ1v) is 7.56. The lowest BCUT2D eigenvalue weighted by atomic mass is 10.00. The Morgan fingerprint density at radius 1 is 1.24 bits per heavy atom. The van der Waals surface area contributed by atoms with Crippen LogP contribution < -0.4 is 15.5 Å². The molecule has 0 saturated carbocycles. The Morgan fingerprint density at radius 3 is 2.43 bits per heavy atom. The minimum atomic E-state index is -0.147. The average molecular weight is 291 g/mol. The number of piperidine rings is 1. The molecule has 0 spiro atoms. The van der Waals surface area contributed by atoms with E-state index in [1.807, 2.05) is 24.3 Å². The van der Waals surface area contributed by atoms with E-state index < -0.39 is 0 Å². The Hall–Kier alpha value is -1.75. The maximum Gasteiger partial charge on any atom is 0.329 e. The lowest BCUT2D eigenvalue weighted by molar-refractivity contribution is 0.0594. The lowest BCUT2D eigenvalue weighted by Crippen LogP contribution is -2.56. The first-order valence-electron chi connectivity index (χ1n) is 7.56. The summed E-state index contributed by atoms with van der Waals surface area (Å²) in [5.41, 5.74) is 4.02. The van der Waals surface area contributed by atoms with Gasteiger partial charge < -0.3 is 10.1 Å². The number of nitrogens with one attached hydrogen (secondary N) is 2.